The van der Waals surface area contributed by atoms with Gasteiger partial charge in [-0.15, -0.1) is 11.6 Å². The van der Waals surface area contributed by atoms with E-state index in [0.717, 1.165) is 23.4 Å². The molecule has 1 amide bonds. The zero-order valence-corrected chi connectivity index (χ0v) is 15.2. The van der Waals surface area contributed by atoms with Crippen LogP contribution in [0.3, 0.4) is 0 Å². The number of rotatable bonds is 5. The molecule has 2 nitrogen and oxygen atoms in total. The summed E-state index contributed by atoms with van der Waals surface area (Å²) in [5.74, 6) is 0.0550. The maximum Gasteiger partial charge on any atom is 0.246 e. The van der Waals surface area contributed by atoms with Crippen LogP contribution in [0.1, 0.15) is 51.0 Å². The molecule has 1 fully saturated rings. The van der Waals surface area contributed by atoms with Crippen molar-refractivity contribution in [1.29, 1.82) is 0 Å². The number of halogens is 2. The molecular formula is C19H25Cl2NO. The van der Waals surface area contributed by atoms with Crippen molar-refractivity contribution in [1.82, 2.24) is 4.90 Å². The topological polar surface area (TPSA) is 20.3 Å². The first kappa shape index (κ1) is 18.4. The van der Waals surface area contributed by atoms with Crippen LogP contribution < -0.4 is 0 Å². The molecule has 1 unspecified atom stereocenters. The van der Waals surface area contributed by atoms with Gasteiger partial charge in [0.2, 0.25) is 5.91 Å². The smallest absolute Gasteiger partial charge is 0.246 e. The molecule has 1 aliphatic rings. The number of amides is 1. The average molecular weight is 354 g/mol. The van der Waals surface area contributed by atoms with Gasteiger partial charge >= 0.3 is 0 Å². The van der Waals surface area contributed by atoms with Crippen LogP contribution >= 0.6 is 23.2 Å². The number of nitrogens with zero attached hydrogens (tertiary/aromatic N) is 1. The standard InChI is InChI=1S/C19H25Cl2NO/c1-15(20)8-13-19(23)22(18-6-4-2-3-5-7-18)14-16-9-11-17(21)12-10-16/h8-13,15,18H,2-7,14H2,1H3/b13-8+. The molecule has 0 bridgehead atoms. The highest BCUT2D eigenvalue weighted by Gasteiger charge is 2.23. The second-order valence-corrected chi connectivity index (χ2v) is 7.40. The summed E-state index contributed by atoms with van der Waals surface area (Å²) < 4.78 is 0. The lowest BCUT2D eigenvalue weighted by atomic mass is 10.1. The molecule has 23 heavy (non-hydrogen) atoms. The van der Waals surface area contributed by atoms with Crippen LogP contribution in [0, 0.1) is 0 Å². The van der Waals surface area contributed by atoms with E-state index in [0.29, 0.717) is 12.6 Å². The summed E-state index contributed by atoms with van der Waals surface area (Å²) in [4.78, 5) is 14.7. The molecule has 0 aliphatic heterocycles. The number of hydrogen-bond acceptors (Lipinski definition) is 1. The Labute approximate surface area is 149 Å². The Morgan fingerprint density at radius 2 is 1.83 bits per heavy atom. The van der Waals surface area contributed by atoms with E-state index in [1.54, 1.807) is 12.2 Å². The van der Waals surface area contributed by atoms with Gasteiger partial charge in [0, 0.05) is 29.1 Å². The third-order valence-electron chi connectivity index (χ3n) is 4.32. The normalized spacial score (nSPS) is 17.9. The Balaban J connectivity index is 2.15. The Hall–Kier alpha value is -0.990. The van der Waals surface area contributed by atoms with Gasteiger partial charge in [0.15, 0.2) is 0 Å². The maximum atomic E-state index is 12.7. The van der Waals surface area contributed by atoms with Crippen LogP contribution in [0.4, 0.5) is 0 Å². The minimum Gasteiger partial charge on any atom is -0.332 e. The van der Waals surface area contributed by atoms with Crippen molar-refractivity contribution >= 4 is 29.1 Å². The lowest BCUT2D eigenvalue weighted by molar-refractivity contribution is -0.129. The fourth-order valence-electron chi connectivity index (χ4n) is 3.05. The predicted molar refractivity (Wildman–Crippen MR) is 97.9 cm³/mol. The number of hydrogen-bond donors (Lipinski definition) is 0. The fraction of sp³-hybridized carbons (Fsp3) is 0.526. The molecule has 1 aromatic carbocycles. The molecule has 0 spiro atoms. The van der Waals surface area contributed by atoms with Gasteiger partial charge < -0.3 is 4.90 Å². The summed E-state index contributed by atoms with van der Waals surface area (Å²) in [6.07, 6.45) is 10.5. The van der Waals surface area contributed by atoms with Crippen LogP contribution in [-0.4, -0.2) is 22.2 Å². The lowest BCUT2D eigenvalue weighted by Crippen LogP contribution is -2.38. The van der Waals surface area contributed by atoms with E-state index in [1.165, 1.54) is 25.7 Å². The van der Waals surface area contributed by atoms with Crippen molar-refractivity contribution in [2.24, 2.45) is 0 Å². The minimum absolute atomic E-state index is 0.0550. The largest absolute Gasteiger partial charge is 0.332 e. The van der Waals surface area contributed by atoms with E-state index in [2.05, 4.69) is 0 Å². The lowest BCUT2D eigenvalue weighted by Gasteiger charge is -2.30. The number of benzene rings is 1. The first-order chi connectivity index (χ1) is 11.1. The molecular weight excluding hydrogens is 329 g/mol. The molecule has 0 N–H and O–H groups in total. The highest BCUT2D eigenvalue weighted by molar-refractivity contribution is 6.30. The maximum absolute atomic E-state index is 12.7. The molecule has 0 heterocycles. The zero-order chi connectivity index (χ0) is 16.7. The third kappa shape index (κ3) is 6.19. The van der Waals surface area contributed by atoms with Crippen molar-refractivity contribution < 1.29 is 4.79 Å². The summed E-state index contributed by atoms with van der Waals surface area (Å²) in [5, 5.41) is 0.586. The molecule has 0 aromatic heterocycles. The molecule has 2 rings (SSSR count). The molecule has 1 aromatic rings. The van der Waals surface area contributed by atoms with Crippen molar-refractivity contribution in [3.05, 3.63) is 47.0 Å². The predicted octanol–water partition coefficient (Wildman–Crippen LogP) is 5.57. The first-order valence-electron chi connectivity index (χ1n) is 8.43. The monoisotopic (exact) mass is 353 g/mol. The second kappa shape index (κ2) is 9.34. The quantitative estimate of drug-likeness (QED) is 0.384. The van der Waals surface area contributed by atoms with Crippen LogP contribution in [0.5, 0.6) is 0 Å². The second-order valence-electron chi connectivity index (χ2n) is 6.27. The van der Waals surface area contributed by atoms with E-state index >= 15 is 0 Å². The van der Waals surface area contributed by atoms with Crippen molar-refractivity contribution in [3.63, 3.8) is 0 Å². The first-order valence-corrected chi connectivity index (χ1v) is 9.25. The van der Waals surface area contributed by atoms with E-state index in [-0.39, 0.29) is 11.3 Å². The van der Waals surface area contributed by atoms with Gasteiger partial charge in [0.25, 0.3) is 0 Å². The molecule has 4 heteroatoms. The van der Waals surface area contributed by atoms with Crippen molar-refractivity contribution in [2.45, 2.75) is 63.4 Å². The van der Waals surface area contributed by atoms with Crippen molar-refractivity contribution in [3.8, 4) is 0 Å². The van der Waals surface area contributed by atoms with E-state index in [4.69, 9.17) is 23.2 Å². The average Bonchev–Trinajstić information content (AvgIpc) is 2.81. The molecule has 0 saturated heterocycles. The highest BCUT2D eigenvalue weighted by Crippen LogP contribution is 2.24. The molecule has 0 radical (unpaired) electrons. The summed E-state index contributed by atoms with van der Waals surface area (Å²) in [6.45, 7) is 2.49. The Kier molecular flexibility index (Phi) is 7.45. The van der Waals surface area contributed by atoms with E-state index in [9.17, 15) is 4.79 Å². The summed E-state index contributed by atoms with van der Waals surface area (Å²) in [6, 6.07) is 8.06. The number of alkyl halides is 1. The third-order valence-corrected chi connectivity index (χ3v) is 4.72. The molecule has 1 aliphatic carbocycles. The van der Waals surface area contributed by atoms with Gasteiger partial charge in [0.05, 0.1) is 0 Å². The Bertz CT molecular complexity index is 517. The van der Waals surface area contributed by atoms with Crippen LogP contribution in [0.15, 0.2) is 36.4 Å². The summed E-state index contributed by atoms with van der Waals surface area (Å²) >= 11 is 11.9. The summed E-state index contributed by atoms with van der Waals surface area (Å²) in [7, 11) is 0. The Morgan fingerprint density at radius 3 is 2.39 bits per heavy atom. The van der Waals surface area contributed by atoms with E-state index < -0.39 is 0 Å². The number of carbonyl (C=O) groups is 1. The van der Waals surface area contributed by atoms with Gasteiger partial charge in [0.1, 0.15) is 0 Å². The van der Waals surface area contributed by atoms with Gasteiger partial charge in [-0.25, -0.2) is 0 Å². The number of allylic oxidation sites excluding steroid dienone is 1. The molecule has 1 atom stereocenters. The highest BCUT2D eigenvalue weighted by atomic mass is 35.5. The molecule has 126 valence electrons. The minimum atomic E-state index is -0.134. The van der Waals surface area contributed by atoms with Crippen LogP contribution in [0.2, 0.25) is 5.02 Å². The van der Waals surface area contributed by atoms with E-state index in [1.807, 2.05) is 36.1 Å². The van der Waals surface area contributed by atoms with Crippen LogP contribution in [-0.2, 0) is 11.3 Å². The molecule has 1 saturated carbocycles. The Morgan fingerprint density at radius 1 is 1.22 bits per heavy atom. The van der Waals surface area contributed by atoms with Gasteiger partial charge in [-0.2, -0.15) is 0 Å². The van der Waals surface area contributed by atoms with Gasteiger partial charge in [-0.05, 0) is 37.5 Å². The SMILES string of the molecule is CC(Cl)/C=C/C(=O)N(Cc1ccc(Cl)cc1)C1CCCCCC1. The number of carbonyl (C=O) groups excluding carboxylic acids is 1. The van der Waals surface area contributed by atoms with Crippen molar-refractivity contribution in [2.75, 3.05) is 0 Å². The fourth-order valence-corrected chi connectivity index (χ4v) is 3.25. The zero-order valence-electron chi connectivity index (χ0n) is 13.7. The van der Waals surface area contributed by atoms with Gasteiger partial charge in [-0.3, -0.25) is 4.79 Å². The van der Waals surface area contributed by atoms with Crippen LogP contribution in [0.25, 0.3) is 0 Å². The summed E-state index contributed by atoms with van der Waals surface area (Å²) in [5.41, 5.74) is 1.11. The van der Waals surface area contributed by atoms with Gasteiger partial charge in [-0.1, -0.05) is 55.5 Å².